The van der Waals surface area contributed by atoms with Crippen LogP contribution in [0, 0.1) is 5.82 Å². The van der Waals surface area contributed by atoms with Gasteiger partial charge in [0.25, 0.3) is 5.91 Å². The highest BCUT2D eigenvalue weighted by molar-refractivity contribution is 5.86. The Morgan fingerprint density at radius 2 is 1.62 bits per heavy atom. The summed E-state index contributed by atoms with van der Waals surface area (Å²) in [6.45, 7) is 0.496. The van der Waals surface area contributed by atoms with Crippen molar-refractivity contribution in [3.63, 3.8) is 0 Å². The molecule has 0 aliphatic heterocycles. The molecule has 0 aliphatic carbocycles. The van der Waals surface area contributed by atoms with Crippen LogP contribution in [0.25, 0.3) is 0 Å². The number of rotatable bonds is 6. The Morgan fingerprint density at radius 1 is 0.923 bits per heavy atom. The molecule has 0 aliphatic rings. The van der Waals surface area contributed by atoms with Gasteiger partial charge in [0.05, 0.1) is 5.92 Å². The smallest absolute Gasteiger partial charge is 0.255 e. The molecule has 0 spiro atoms. The zero-order chi connectivity index (χ0) is 18.4. The van der Waals surface area contributed by atoms with E-state index in [0.29, 0.717) is 6.54 Å². The fraction of sp³-hybridized carbons (Fsp3) is 0.0952. The molecule has 0 aromatic heterocycles. The van der Waals surface area contributed by atoms with Gasteiger partial charge in [0.1, 0.15) is 5.82 Å². The molecule has 1 unspecified atom stereocenters. The maximum atomic E-state index is 13.2. The Labute approximate surface area is 151 Å². The maximum Gasteiger partial charge on any atom is 0.255 e. The van der Waals surface area contributed by atoms with Crippen molar-refractivity contribution in [3.8, 4) is 0 Å². The Morgan fingerprint density at radius 3 is 2.27 bits per heavy atom. The van der Waals surface area contributed by atoms with Crippen LogP contribution in [0.1, 0.15) is 22.6 Å². The predicted molar refractivity (Wildman–Crippen MR) is 98.4 cm³/mol. The second-order valence-corrected chi connectivity index (χ2v) is 5.93. The lowest BCUT2D eigenvalue weighted by atomic mass is 9.90. The first kappa shape index (κ1) is 17.6. The van der Waals surface area contributed by atoms with Crippen molar-refractivity contribution in [2.24, 2.45) is 0 Å². The maximum absolute atomic E-state index is 13.2. The molecule has 26 heavy (non-hydrogen) atoms. The first-order valence-electron chi connectivity index (χ1n) is 8.24. The van der Waals surface area contributed by atoms with Gasteiger partial charge in [-0.25, -0.2) is 9.87 Å². The van der Waals surface area contributed by atoms with E-state index in [1.165, 1.54) is 12.1 Å². The van der Waals surface area contributed by atoms with E-state index in [1.54, 1.807) is 11.5 Å². The highest BCUT2D eigenvalue weighted by Gasteiger charge is 2.22. The molecule has 0 bridgehead atoms. The Hall–Kier alpha value is -3.18. The van der Waals surface area contributed by atoms with Crippen molar-refractivity contribution in [2.75, 3.05) is 5.32 Å². The van der Waals surface area contributed by atoms with Crippen LogP contribution in [0.4, 0.5) is 10.1 Å². The van der Waals surface area contributed by atoms with Gasteiger partial charge < -0.3 is 5.32 Å². The first-order chi connectivity index (χ1) is 12.7. The molecule has 0 heterocycles. The second-order valence-electron chi connectivity index (χ2n) is 5.93. The van der Waals surface area contributed by atoms with Crippen LogP contribution in [-0.2, 0) is 11.3 Å². The summed E-state index contributed by atoms with van der Waals surface area (Å²) in [6, 6.07) is 23.1. The van der Waals surface area contributed by atoms with Crippen molar-refractivity contribution in [2.45, 2.75) is 12.5 Å². The summed E-state index contributed by atoms with van der Waals surface area (Å²) in [5.74, 6) is -1.35. The first-order valence-corrected chi connectivity index (χ1v) is 8.24. The molecule has 3 aromatic carbocycles. The van der Waals surface area contributed by atoms with Gasteiger partial charge in [0.2, 0.25) is 0 Å². The molecule has 0 fully saturated rings. The fourth-order valence-electron chi connectivity index (χ4n) is 2.85. The van der Waals surface area contributed by atoms with Crippen molar-refractivity contribution in [3.05, 3.63) is 101 Å². The highest BCUT2D eigenvalue weighted by Crippen LogP contribution is 2.26. The van der Waals surface area contributed by atoms with E-state index in [4.69, 9.17) is 5.21 Å². The summed E-state index contributed by atoms with van der Waals surface area (Å²) in [6.07, 6.45) is 0. The van der Waals surface area contributed by atoms with E-state index in [0.717, 1.165) is 22.4 Å². The number of amides is 1. The van der Waals surface area contributed by atoms with Gasteiger partial charge >= 0.3 is 0 Å². The molecule has 4 nitrogen and oxygen atoms in total. The average Bonchev–Trinajstić information content (AvgIpc) is 2.68. The van der Waals surface area contributed by atoms with Crippen LogP contribution in [0.5, 0.6) is 0 Å². The quantitative estimate of drug-likeness (QED) is 0.464. The van der Waals surface area contributed by atoms with Gasteiger partial charge in [0, 0.05) is 12.2 Å². The normalized spacial score (nSPS) is 11.6. The predicted octanol–water partition coefficient (Wildman–Crippen LogP) is 4.08. The van der Waals surface area contributed by atoms with Crippen LogP contribution in [0.15, 0.2) is 78.9 Å². The van der Waals surface area contributed by atoms with Crippen molar-refractivity contribution in [1.82, 2.24) is 5.48 Å². The Kier molecular flexibility index (Phi) is 5.61. The molecule has 1 atom stereocenters. The van der Waals surface area contributed by atoms with E-state index in [1.807, 2.05) is 60.7 Å². The summed E-state index contributed by atoms with van der Waals surface area (Å²) in [7, 11) is 0. The lowest BCUT2D eigenvalue weighted by molar-refractivity contribution is -0.129. The summed E-state index contributed by atoms with van der Waals surface area (Å²) in [5.41, 5.74) is 4.99. The molecule has 132 valence electrons. The Balaban J connectivity index is 1.75. The number of benzene rings is 3. The van der Waals surface area contributed by atoms with Crippen molar-refractivity contribution >= 4 is 11.6 Å². The monoisotopic (exact) mass is 350 g/mol. The number of hydroxylamine groups is 1. The third-order valence-electron chi connectivity index (χ3n) is 4.13. The van der Waals surface area contributed by atoms with Gasteiger partial charge in [0.15, 0.2) is 0 Å². The summed E-state index contributed by atoms with van der Waals surface area (Å²) < 4.78 is 13.2. The summed E-state index contributed by atoms with van der Waals surface area (Å²) >= 11 is 0. The zero-order valence-corrected chi connectivity index (χ0v) is 14.0. The number of hydrogen-bond acceptors (Lipinski definition) is 3. The third kappa shape index (κ3) is 4.26. The topological polar surface area (TPSA) is 61.4 Å². The number of hydrogen-bond donors (Lipinski definition) is 3. The van der Waals surface area contributed by atoms with Gasteiger partial charge in [-0.05, 0) is 41.0 Å². The minimum Gasteiger partial charge on any atom is -0.381 e. The number of nitrogens with one attached hydrogen (secondary N) is 2. The molecular formula is C21H19FN2O2. The molecule has 0 radical (unpaired) electrons. The van der Waals surface area contributed by atoms with Crippen molar-refractivity contribution in [1.29, 1.82) is 0 Å². The van der Waals surface area contributed by atoms with Crippen molar-refractivity contribution < 1.29 is 14.4 Å². The molecule has 3 N–H and O–H groups in total. The number of anilines is 1. The van der Waals surface area contributed by atoms with Gasteiger partial charge in [-0.15, -0.1) is 0 Å². The van der Waals surface area contributed by atoms with Crippen LogP contribution >= 0.6 is 0 Å². The third-order valence-corrected chi connectivity index (χ3v) is 4.13. The minimum absolute atomic E-state index is 0.264. The number of carbonyl (C=O) groups excluding carboxylic acids is 1. The standard InChI is InChI=1S/C21H19FN2O2/c22-18-8-4-5-15(13-18)14-23-19-11-9-17(10-12-19)20(21(25)24-26)16-6-2-1-3-7-16/h1-13,20,23,26H,14H2,(H,24,25). The number of halogens is 1. The Bertz CT molecular complexity index is 867. The van der Waals surface area contributed by atoms with E-state index in [2.05, 4.69) is 5.32 Å². The van der Waals surface area contributed by atoms with Gasteiger partial charge in [-0.2, -0.15) is 0 Å². The molecule has 1 amide bonds. The zero-order valence-electron chi connectivity index (χ0n) is 14.0. The average molecular weight is 350 g/mol. The van der Waals surface area contributed by atoms with Gasteiger partial charge in [-0.1, -0.05) is 54.6 Å². The van der Waals surface area contributed by atoms with Crippen LogP contribution in [0.2, 0.25) is 0 Å². The van der Waals surface area contributed by atoms with Crippen LogP contribution in [0.3, 0.4) is 0 Å². The molecular weight excluding hydrogens is 331 g/mol. The fourth-order valence-corrected chi connectivity index (χ4v) is 2.85. The minimum atomic E-state index is -0.599. The van der Waals surface area contributed by atoms with E-state index in [-0.39, 0.29) is 5.82 Å². The van der Waals surface area contributed by atoms with E-state index in [9.17, 15) is 9.18 Å². The lowest BCUT2D eigenvalue weighted by Crippen LogP contribution is -2.27. The van der Waals surface area contributed by atoms with Crippen LogP contribution < -0.4 is 10.8 Å². The molecule has 3 rings (SSSR count). The largest absolute Gasteiger partial charge is 0.381 e. The molecule has 3 aromatic rings. The second kappa shape index (κ2) is 8.27. The lowest BCUT2D eigenvalue weighted by Gasteiger charge is -2.16. The van der Waals surface area contributed by atoms with Crippen LogP contribution in [-0.4, -0.2) is 11.1 Å². The highest BCUT2D eigenvalue weighted by atomic mass is 19.1. The van der Waals surface area contributed by atoms with Gasteiger partial charge in [-0.3, -0.25) is 10.0 Å². The van der Waals surface area contributed by atoms with E-state index < -0.39 is 11.8 Å². The summed E-state index contributed by atoms with van der Waals surface area (Å²) in [5, 5.41) is 12.3. The SMILES string of the molecule is O=C(NO)C(c1ccccc1)c1ccc(NCc2cccc(F)c2)cc1. The molecule has 5 heteroatoms. The summed E-state index contributed by atoms with van der Waals surface area (Å²) in [4.78, 5) is 12.1. The molecule has 0 saturated heterocycles. The molecule has 0 saturated carbocycles. The van der Waals surface area contributed by atoms with E-state index >= 15 is 0 Å². The number of carbonyl (C=O) groups is 1.